The van der Waals surface area contributed by atoms with Gasteiger partial charge in [0.05, 0.1) is 6.10 Å². The molecule has 1 amide bonds. The predicted octanol–water partition coefficient (Wildman–Crippen LogP) is 4.16. The van der Waals surface area contributed by atoms with E-state index in [0.717, 1.165) is 63.5 Å². The first kappa shape index (κ1) is 19.6. The number of carbonyl (C=O) groups excluding carboxylic acids is 1. The first-order chi connectivity index (χ1) is 13.7. The van der Waals surface area contributed by atoms with Crippen LogP contribution in [0.2, 0.25) is 0 Å². The third-order valence-corrected chi connectivity index (χ3v) is 6.71. The molecule has 0 bridgehead atoms. The Labute approximate surface area is 169 Å². The van der Waals surface area contributed by atoms with Crippen molar-refractivity contribution in [3.05, 3.63) is 47.1 Å². The van der Waals surface area contributed by atoms with Gasteiger partial charge in [-0.2, -0.15) is 0 Å². The van der Waals surface area contributed by atoms with Crippen molar-refractivity contribution >= 4 is 17.2 Å². The van der Waals surface area contributed by atoms with Crippen molar-refractivity contribution in [3.8, 4) is 10.4 Å². The Morgan fingerprint density at radius 3 is 2.71 bits per heavy atom. The highest BCUT2D eigenvalue weighted by atomic mass is 32.1. The van der Waals surface area contributed by atoms with Gasteiger partial charge >= 0.3 is 0 Å². The molecule has 1 atom stereocenters. The number of ether oxygens (including phenoxy) is 1. The van der Waals surface area contributed by atoms with Gasteiger partial charge in [-0.25, -0.2) is 4.39 Å². The molecule has 2 aromatic rings. The molecule has 2 aliphatic rings. The van der Waals surface area contributed by atoms with Crippen LogP contribution in [0.5, 0.6) is 0 Å². The summed E-state index contributed by atoms with van der Waals surface area (Å²) < 4.78 is 19.6. The summed E-state index contributed by atoms with van der Waals surface area (Å²) in [6.07, 6.45) is 3.96. The summed E-state index contributed by atoms with van der Waals surface area (Å²) in [6, 6.07) is 11.0. The van der Waals surface area contributed by atoms with E-state index in [9.17, 15) is 9.18 Å². The second-order valence-electron chi connectivity index (χ2n) is 7.58. The number of hydrogen-bond acceptors (Lipinski definition) is 4. The fraction of sp³-hybridized carbons (Fsp3) is 0.500. The summed E-state index contributed by atoms with van der Waals surface area (Å²) in [5, 5.41) is 0. The van der Waals surface area contributed by atoms with Crippen molar-refractivity contribution in [1.82, 2.24) is 9.80 Å². The van der Waals surface area contributed by atoms with Crippen LogP contribution in [-0.4, -0.2) is 54.6 Å². The van der Waals surface area contributed by atoms with E-state index in [1.807, 2.05) is 23.1 Å². The second-order valence-corrected chi connectivity index (χ2v) is 8.74. The Morgan fingerprint density at radius 2 is 1.96 bits per heavy atom. The Kier molecular flexibility index (Phi) is 6.40. The van der Waals surface area contributed by atoms with Crippen LogP contribution in [0.15, 0.2) is 36.4 Å². The molecule has 2 aliphatic heterocycles. The molecular formula is C22H27FN2O2S. The molecule has 4 nitrogen and oxygen atoms in total. The van der Waals surface area contributed by atoms with Gasteiger partial charge in [-0.05, 0) is 37.5 Å². The molecule has 3 heterocycles. The molecule has 150 valence electrons. The average molecular weight is 403 g/mol. The SMILES string of the molecule is O=C(CCC1CCCO1)N1CCN(Cc2ccc(-c3ccccc3F)s2)CC1. The van der Waals surface area contributed by atoms with Gasteiger partial charge in [-0.1, -0.05) is 18.2 Å². The minimum absolute atomic E-state index is 0.175. The van der Waals surface area contributed by atoms with Crippen molar-refractivity contribution in [3.63, 3.8) is 0 Å². The Hall–Kier alpha value is -1.76. The first-order valence-corrected chi connectivity index (χ1v) is 11.0. The fourth-order valence-electron chi connectivity index (χ4n) is 3.96. The number of amides is 1. The zero-order valence-electron chi connectivity index (χ0n) is 16.1. The number of piperazine rings is 1. The largest absolute Gasteiger partial charge is 0.378 e. The van der Waals surface area contributed by atoms with Gasteiger partial charge in [-0.15, -0.1) is 11.3 Å². The van der Waals surface area contributed by atoms with Crippen LogP contribution in [0.1, 0.15) is 30.6 Å². The molecule has 0 aliphatic carbocycles. The number of nitrogens with zero attached hydrogens (tertiary/aromatic N) is 2. The molecule has 1 unspecified atom stereocenters. The summed E-state index contributed by atoms with van der Waals surface area (Å²) in [6.45, 7) is 5.05. The number of benzene rings is 1. The molecule has 2 saturated heterocycles. The van der Waals surface area contributed by atoms with Crippen LogP contribution in [0, 0.1) is 5.82 Å². The van der Waals surface area contributed by atoms with Crippen molar-refractivity contribution in [1.29, 1.82) is 0 Å². The lowest BCUT2D eigenvalue weighted by Crippen LogP contribution is -2.48. The maximum atomic E-state index is 14.0. The average Bonchev–Trinajstić information content (AvgIpc) is 3.39. The molecule has 0 N–H and O–H groups in total. The Morgan fingerprint density at radius 1 is 1.14 bits per heavy atom. The molecular weight excluding hydrogens is 375 g/mol. The molecule has 0 saturated carbocycles. The van der Waals surface area contributed by atoms with E-state index >= 15 is 0 Å². The van der Waals surface area contributed by atoms with E-state index < -0.39 is 0 Å². The molecule has 0 radical (unpaired) electrons. The number of rotatable bonds is 6. The van der Waals surface area contributed by atoms with Crippen LogP contribution in [0.4, 0.5) is 4.39 Å². The Bertz CT molecular complexity index is 795. The minimum atomic E-state index is -0.175. The summed E-state index contributed by atoms with van der Waals surface area (Å²) >= 11 is 1.65. The van der Waals surface area contributed by atoms with Gasteiger partial charge < -0.3 is 9.64 Å². The van der Waals surface area contributed by atoms with Crippen LogP contribution in [0.3, 0.4) is 0 Å². The van der Waals surface area contributed by atoms with E-state index in [4.69, 9.17) is 4.74 Å². The lowest BCUT2D eigenvalue weighted by Gasteiger charge is -2.34. The van der Waals surface area contributed by atoms with Gasteiger partial charge in [0.25, 0.3) is 0 Å². The number of carbonyl (C=O) groups is 1. The van der Waals surface area contributed by atoms with E-state index in [1.54, 1.807) is 17.4 Å². The lowest BCUT2D eigenvalue weighted by atomic mass is 10.1. The number of thiophene rings is 1. The molecule has 28 heavy (non-hydrogen) atoms. The van der Waals surface area contributed by atoms with E-state index in [-0.39, 0.29) is 17.8 Å². The molecule has 0 spiro atoms. The predicted molar refractivity (Wildman–Crippen MR) is 110 cm³/mol. The fourth-order valence-corrected chi connectivity index (χ4v) is 5.04. The highest BCUT2D eigenvalue weighted by Crippen LogP contribution is 2.30. The number of halogens is 1. The van der Waals surface area contributed by atoms with Gasteiger partial charge in [0.15, 0.2) is 0 Å². The molecule has 4 rings (SSSR count). The lowest BCUT2D eigenvalue weighted by molar-refractivity contribution is -0.133. The van der Waals surface area contributed by atoms with Crippen molar-refractivity contribution in [2.75, 3.05) is 32.8 Å². The summed E-state index contributed by atoms with van der Waals surface area (Å²) in [5.41, 5.74) is 0.667. The highest BCUT2D eigenvalue weighted by molar-refractivity contribution is 7.15. The van der Waals surface area contributed by atoms with Crippen molar-refractivity contribution in [2.45, 2.75) is 38.3 Å². The minimum Gasteiger partial charge on any atom is -0.378 e. The van der Waals surface area contributed by atoms with Crippen LogP contribution in [-0.2, 0) is 16.1 Å². The quantitative estimate of drug-likeness (QED) is 0.727. The number of hydrogen-bond donors (Lipinski definition) is 0. The second kappa shape index (κ2) is 9.16. The molecule has 1 aromatic carbocycles. The van der Waals surface area contributed by atoms with Gasteiger partial charge in [0.2, 0.25) is 5.91 Å². The van der Waals surface area contributed by atoms with Crippen LogP contribution >= 0.6 is 11.3 Å². The summed E-state index contributed by atoms with van der Waals surface area (Å²) in [7, 11) is 0. The highest BCUT2D eigenvalue weighted by Gasteiger charge is 2.23. The van der Waals surface area contributed by atoms with Crippen LogP contribution < -0.4 is 0 Å². The topological polar surface area (TPSA) is 32.8 Å². The molecule has 6 heteroatoms. The first-order valence-electron chi connectivity index (χ1n) is 10.1. The normalized spacial score (nSPS) is 20.6. The summed E-state index contributed by atoms with van der Waals surface area (Å²) in [5.74, 6) is 0.0825. The molecule has 1 aromatic heterocycles. The van der Waals surface area contributed by atoms with Crippen LogP contribution in [0.25, 0.3) is 10.4 Å². The Balaban J connectivity index is 1.24. The van der Waals surface area contributed by atoms with E-state index in [1.165, 1.54) is 10.9 Å². The smallest absolute Gasteiger partial charge is 0.222 e. The van der Waals surface area contributed by atoms with Gasteiger partial charge in [-0.3, -0.25) is 9.69 Å². The third kappa shape index (κ3) is 4.80. The third-order valence-electron chi connectivity index (χ3n) is 5.61. The van der Waals surface area contributed by atoms with E-state index in [2.05, 4.69) is 11.0 Å². The monoisotopic (exact) mass is 402 g/mol. The van der Waals surface area contributed by atoms with Crippen molar-refractivity contribution < 1.29 is 13.9 Å². The van der Waals surface area contributed by atoms with E-state index in [0.29, 0.717) is 12.0 Å². The van der Waals surface area contributed by atoms with Gasteiger partial charge in [0, 0.05) is 61.1 Å². The standard InChI is InChI=1S/C22H27FN2O2S/c23-20-6-2-1-5-19(20)21-9-8-18(28-21)16-24-11-13-25(14-12-24)22(26)10-7-17-4-3-15-27-17/h1-2,5-6,8-9,17H,3-4,7,10-16H2. The van der Waals surface area contributed by atoms with Crippen molar-refractivity contribution in [2.24, 2.45) is 0 Å². The molecule has 2 fully saturated rings. The zero-order chi connectivity index (χ0) is 19.3. The maximum Gasteiger partial charge on any atom is 0.222 e. The van der Waals surface area contributed by atoms with Gasteiger partial charge in [0.1, 0.15) is 5.82 Å². The maximum absolute atomic E-state index is 14.0. The summed E-state index contributed by atoms with van der Waals surface area (Å²) in [4.78, 5) is 19.0. The zero-order valence-corrected chi connectivity index (χ0v) is 16.9.